The largest absolute Gasteiger partial charge is 0.361 e. The molecule has 1 heterocycles. The first kappa shape index (κ1) is 13.9. The third-order valence-electron chi connectivity index (χ3n) is 4.37. The SMILES string of the molecule is Cc1noc(C)c1C(=O)N(C)[C@@H]1CCCc2ccccc21. The van der Waals surface area contributed by atoms with Crippen LogP contribution in [0.2, 0.25) is 0 Å². The van der Waals surface area contributed by atoms with Gasteiger partial charge in [0.2, 0.25) is 0 Å². The number of carbonyl (C=O) groups excluding carboxylic acids is 1. The van der Waals surface area contributed by atoms with Gasteiger partial charge in [-0.25, -0.2) is 0 Å². The molecule has 21 heavy (non-hydrogen) atoms. The number of hydrogen-bond donors (Lipinski definition) is 0. The second-order valence-electron chi connectivity index (χ2n) is 5.72. The van der Waals surface area contributed by atoms with Crippen molar-refractivity contribution in [1.29, 1.82) is 0 Å². The molecule has 0 fully saturated rings. The minimum Gasteiger partial charge on any atom is -0.361 e. The molecule has 4 nitrogen and oxygen atoms in total. The standard InChI is InChI=1S/C17H20N2O2/c1-11-16(12(2)21-18-11)17(20)19(3)15-10-6-8-13-7-4-5-9-14(13)15/h4-5,7,9,15H,6,8,10H2,1-3H3/t15-/m1/s1. The molecule has 3 rings (SSSR count). The van der Waals surface area contributed by atoms with E-state index in [4.69, 9.17) is 4.52 Å². The van der Waals surface area contributed by atoms with E-state index in [0.717, 1.165) is 19.3 Å². The summed E-state index contributed by atoms with van der Waals surface area (Å²) in [7, 11) is 1.88. The van der Waals surface area contributed by atoms with Gasteiger partial charge in [0.15, 0.2) is 0 Å². The normalized spacial score (nSPS) is 17.4. The van der Waals surface area contributed by atoms with Crippen LogP contribution in [0.4, 0.5) is 0 Å². The first-order valence-electron chi connectivity index (χ1n) is 7.37. The van der Waals surface area contributed by atoms with Crippen LogP contribution in [0.15, 0.2) is 28.8 Å². The Morgan fingerprint density at radius 2 is 2.10 bits per heavy atom. The Balaban J connectivity index is 1.93. The molecule has 1 aromatic carbocycles. The van der Waals surface area contributed by atoms with Crippen LogP contribution < -0.4 is 0 Å². The molecule has 0 radical (unpaired) electrons. The monoisotopic (exact) mass is 284 g/mol. The van der Waals surface area contributed by atoms with Crippen LogP contribution in [0, 0.1) is 13.8 Å². The van der Waals surface area contributed by atoms with E-state index in [-0.39, 0.29) is 11.9 Å². The number of fused-ring (bicyclic) bond motifs is 1. The molecule has 1 aromatic heterocycles. The summed E-state index contributed by atoms with van der Waals surface area (Å²) >= 11 is 0. The van der Waals surface area contributed by atoms with Crippen molar-refractivity contribution in [2.24, 2.45) is 0 Å². The van der Waals surface area contributed by atoms with E-state index < -0.39 is 0 Å². The topological polar surface area (TPSA) is 46.3 Å². The highest BCUT2D eigenvalue weighted by Gasteiger charge is 2.29. The van der Waals surface area contributed by atoms with Crippen LogP contribution >= 0.6 is 0 Å². The molecule has 110 valence electrons. The van der Waals surface area contributed by atoms with Gasteiger partial charge in [-0.3, -0.25) is 4.79 Å². The summed E-state index contributed by atoms with van der Waals surface area (Å²) in [6.45, 7) is 3.60. The van der Waals surface area contributed by atoms with Gasteiger partial charge in [-0.15, -0.1) is 0 Å². The number of amides is 1. The zero-order valence-electron chi connectivity index (χ0n) is 12.7. The van der Waals surface area contributed by atoms with Crippen molar-refractivity contribution in [3.8, 4) is 0 Å². The molecular weight excluding hydrogens is 264 g/mol. The Morgan fingerprint density at radius 3 is 2.81 bits per heavy atom. The minimum atomic E-state index is -0.00652. The van der Waals surface area contributed by atoms with Gasteiger partial charge in [0.1, 0.15) is 11.3 Å². The Morgan fingerprint density at radius 1 is 1.33 bits per heavy atom. The molecule has 0 spiro atoms. The predicted molar refractivity (Wildman–Crippen MR) is 80.2 cm³/mol. The number of nitrogens with zero attached hydrogens (tertiary/aromatic N) is 2. The van der Waals surface area contributed by atoms with Gasteiger partial charge in [0.05, 0.1) is 11.7 Å². The van der Waals surface area contributed by atoms with Crippen molar-refractivity contribution >= 4 is 5.91 Å². The maximum atomic E-state index is 12.8. The van der Waals surface area contributed by atoms with Gasteiger partial charge >= 0.3 is 0 Å². The van der Waals surface area contributed by atoms with E-state index >= 15 is 0 Å². The molecule has 1 aliphatic carbocycles. The molecule has 2 aromatic rings. The molecule has 0 aliphatic heterocycles. The Kier molecular flexibility index (Phi) is 3.53. The first-order valence-corrected chi connectivity index (χ1v) is 7.37. The summed E-state index contributed by atoms with van der Waals surface area (Å²) < 4.78 is 5.13. The highest BCUT2D eigenvalue weighted by atomic mass is 16.5. The summed E-state index contributed by atoms with van der Waals surface area (Å²) in [5.41, 5.74) is 3.88. The summed E-state index contributed by atoms with van der Waals surface area (Å²) in [5, 5.41) is 3.89. The van der Waals surface area contributed by atoms with Crippen molar-refractivity contribution in [2.75, 3.05) is 7.05 Å². The van der Waals surface area contributed by atoms with E-state index in [9.17, 15) is 4.79 Å². The Bertz CT molecular complexity index is 656. The number of hydrogen-bond acceptors (Lipinski definition) is 3. The number of rotatable bonds is 2. The van der Waals surface area contributed by atoms with Crippen LogP contribution in [0.1, 0.15) is 51.8 Å². The lowest BCUT2D eigenvalue weighted by molar-refractivity contribution is 0.0712. The summed E-state index contributed by atoms with van der Waals surface area (Å²) in [5.74, 6) is 0.585. The Hall–Kier alpha value is -2.10. The van der Waals surface area contributed by atoms with Gasteiger partial charge in [-0.2, -0.15) is 0 Å². The van der Waals surface area contributed by atoms with Crippen molar-refractivity contribution in [3.05, 3.63) is 52.4 Å². The van der Waals surface area contributed by atoms with Gasteiger partial charge in [0.25, 0.3) is 5.91 Å². The lowest BCUT2D eigenvalue weighted by Gasteiger charge is -2.33. The fraction of sp³-hybridized carbons (Fsp3) is 0.412. The van der Waals surface area contributed by atoms with Crippen LogP contribution in [0.3, 0.4) is 0 Å². The molecule has 0 bridgehead atoms. The van der Waals surface area contributed by atoms with Crippen molar-refractivity contribution in [2.45, 2.75) is 39.2 Å². The lowest BCUT2D eigenvalue weighted by Crippen LogP contribution is -2.33. The lowest BCUT2D eigenvalue weighted by atomic mass is 9.87. The molecular formula is C17H20N2O2. The number of aromatic nitrogens is 1. The zero-order chi connectivity index (χ0) is 15.0. The highest BCUT2D eigenvalue weighted by molar-refractivity contribution is 5.96. The summed E-state index contributed by atoms with van der Waals surface area (Å²) in [6, 6.07) is 8.55. The van der Waals surface area contributed by atoms with Crippen molar-refractivity contribution in [3.63, 3.8) is 0 Å². The molecule has 0 N–H and O–H groups in total. The van der Waals surface area contributed by atoms with E-state index in [0.29, 0.717) is 17.0 Å². The number of aryl methyl sites for hydroxylation is 3. The molecule has 1 aliphatic rings. The molecule has 1 amide bonds. The van der Waals surface area contributed by atoms with Gasteiger partial charge in [-0.1, -0.05) is 29.4 Å². The van der Waals surface area contributed by atoms with Gasteiger partial charge in [0, 0.05) is 7.05 Å². The molecule has 0 unspecified atom stereocenters. The summed E-state index contributed by atoms with van der Waals surface area (Å²) in [4.78, 5) is 14.6. The van der Waals surface area contributed by atoms with E-state index in [1.165, 1.54) is 11.1 Å². The zero-order valence-corrected chi connectivity index (χ0v) is 12.7. The maximum absolute atomic E-state index is 12.8. The van der Waals surface area contributed by atoms with Crippen LogP contribution in [-0.4, -0.2) is 23.0 Å². The maximum Gasteiger partial charge on any atom is 0.259 e. The van der Waals surface area contributed by atoms with Gasteiger partial charge in [-0.05, 0) is 44.2 Å². The summed E-state index contributed by atoms with van der Waals surface area (Å²) in [6.07, 6.45) is 3.21. The predicted octanol–water partition coefficient (Wildman–Crippen LogP) is 3.44. The second-order valence-corrected chi connectivity index (χ2v) is 5.72. The third kappa shape index (κ3) is 2.35. The second kappa shape index (κ2) is 5.35. The Labute approximate surface area is 124 Å². The van der Waals surface area contributed by atoms with E-state index in [1.54, 1.807) is 6.92 Å². The fourth-order valence-electron chi connectivity index (χ4n) is 3.24. The van der Waals surface area contributed by atoms with E-state index in [1.807, 2.05) is 24.9 Å². The first-order chi connectivity index (χ1) is 10.1. The van der Waals surface area contributed by atoms with Crippen LogP contribution in [0.25, 0.3) is 0 Å². The van der Waals surface area contributed by atoms with Crippen molar-refractivity contribution < 1.29 is 9.32 Å². The minimum absolute atomic E-state index is 0.00652. The highest BCUT2D eigenvalue weighted by Crippen LogP contribution is 2.34. The van der Waals surface area contributed by atoms with E-state index in [2.05, 4.69) is 23.4 Å². The molecule has 0 saturated heterocycles. The number of benzene rings is 1. The number of carbonyl (C=O) groups is 1. The van der Waals surface area contributed by atoms with Crippen LogP contribution in [0.5, 0.6) is 0 Å². The fourth-order valence-corrected chi connectivity index (χ4v) is 3.24. The third-order valence-corrected chi connectivity index (χ3v) is 4.37. The molecule has 0 saturated carbocycles. The smallest absolute Gasteiger partial charge is 0.259 e. The quantitative estimate of drug-likeness (QED) is 0.848. The average Bonchev–Trinajstić information content (AvgIpc) is 2.84. The van der Waals surface area contributed by atoms with Crippen LogP contribution in [-0.2, 0) is 6.42 Å². The molecule has 4 heteroatoms. The van der Waals surface area contributed by atoms with Gasteiger partial charge < -0.3 is 9.42 Å². The molecule has 1 atom stereocenters. The van der Waals surface area contributed by atoms with Crippen molar-refractivity contribution in [1.82, 2.24) is 10.1 Å². The average molecular weight is 284 g/mol.